The van der Waals surface area contributed by atoms with E-state index in [0.717, 1.165) is 5.56 Å². The first-order valence-electron chi connectivity index (χ1n) is 8.37. The van der Waals surface area contributed by atoms with Crippen LogP contribution in [0, 0.1) is 5.82 Å². The topological polar surface area (TPSA) is 75.0 Å². The zero-order chi connectivity index (χ0) is 19.5. The zero-order valence-electron chi connectivity index (χ0n) is 15.2. The molecule has 0 fully saturated rings. The number of fused-ring (bicyclic) bond motifs is 1. The summed E-state index contributed by atoms with van der Waals surface area (Å²) >= 11 is 1.42. The molecule has 0 aliphatic rings. The van der Waals surface area contributed by atoms with Crippen LogP contribution >= 0.6 is 11.8 Å². The summed E-state index contributed by atoms with van der Waals surface area (Å²) in [5.74, 6) is 1.52. The Morgan fingerprint density at radius 2 is 2.00 bits per heavy atom. The molecule has 0 N–H and O–H groups in total. The molecule has 0 aliphatic carbocycles. The van der Waals surface area contributed by atoms with Crippen LogP contribution in [0.2, 0.25) is 0 Å². The maximum Gasteiger partial charge on any atom is 0.214 e. The van der Waals surface area contributed by atoms with Crippen LogP contribution in [0.15, 0.2) is 53.8 Å². The van der Waals surface area contributed by atoms with Crippen molar-refractivity contribution in [2.24, 2.45) is 0 Å². The van der Waals surface area contributed by atoms with Crippen molar-refractivity contribution in [3.8, 4) is 17.2 Å². The van der Waals surface area contributed by atoms with E-state index in [1.165, 1.54) is 17.8 Å². The van der Waals surface area contributed by atoms with E-state index in [1.807, 2.05) is 0 Å². The van der Waals surface area contributed by atoms with E-state index in [0.29, 0.717) is 39.0 Å². The monoisotopic (exact) mass is 397 g/mol. The van der Waals surface area contributed by atoms with Crippen molar-refractivity contribution in [2.45, 2.75) is 10.9 Å². The third kappa shape index (κ3) is 3.36. The van der Waals surface area contributed by atoms with Crippen LogP contribution < -0.4 is 9.47 Å². The van der Waals surface area contributed by atoms with E-state index < -0.39 is 0 Å². The minimum Gasteiger partial charge on any atom is -0.497 e. The molecule has 0 radical (unpaired) electrons. The maximum absolute atomic E-state index is 14.0. The van der Waals surface area contributed by atoms with Crippen molar-refractivity contribution in [2.75, 3.05) is 14.2 Å². The number of tetrazole rings is 1. The molecule has 0 amide bonds. The predicted octanol–water partition coefficient (Wildman–Crippen LogP) is 3.66. The Kier molecular flexibility index (Phi) is 5.07. The molecule has 2 aromatic carbocycles. The first-order chi connectivity index (χ1) is 13.7. The highest BCUT2D eigenvalue weighted by Crippen LogP contribution is 2.31. The van der Waals surface area contributed by atoms with Gasteiger partial charge in [0.15, 0.2) is 0 Å². The lowest BCUT2D eigenvalue weighted by Gasteiger charge is -2.11. The smallest absolute Gasteiger partial charge is 0.214 e. The SMILES string of the molecule is COc1ccc(OC)c(-n2nnnc2SCc2ccc(F)c3cccnc23)c1. The second-order valence-corrected chi connectivity index (χ2v) is 6.75. The number of aromatic nitrogens is 5. The van der Waals surface area contributed by atoms with E-state index >= 15 is 0 Å². The molecule has 0 unspecified atom stereocenters. The summed E-state index contributed by atoms with van der Waals surface area (Å²) < 4.78 is 26.3. The molecule has 0 saturated heterocycles. The van der Waals surface area contributed by atoms with Gasteiger partial charge >= 0.3 is 0 Å². The number of methoxy groups -OCH3 is 2. The van der Waals surface area contributed by atoms with Gasteiger partial charge in [0.1, 0.15) is 23.0 Å². The van der Waals surface area contributed by atoms with Crippen LogP contribution in [0.3, 0.4) is 0 Å². The summed E-state index contributed by atoms with van der Waals surface area (Å²) in [6, 6.07) is 12.0. The normalized spacial score (nSPS) is 11.0. The summed E-state index contributed by atoms with van der Waals surface area (Å²) in [5.41, 5.74) is 2.19. The Bertz CT molecular complexity index is 1130. The fourth-order valence-corrected chi connectivity index (χ4v) is 3.71. The number of halogens is 1. The first kappa shape index (κ1) is 18.2. The molecule has 4 rings (SSSR count). The van der Waals surface area contributed by atoms with Gasteiger partial charge in [0.2, 0.25) is 5.16 Å². The first-order valence-corrected chi connectivity index (χ1v) is 9.35. The largest absolute Gasteiger partial charge is 0.497 e. The summed E-state index contributed by atoms with van der Waals surface area (Å²) in [6.45, 7) is 0. The van der Waals surface area contributed by atoms with Gasteiger partial charge in [-0.15, -0.1) is 5.10 Å². The molecular weight excluding hydrogens is 381 g/mol. The van der Waals surface area contributed by atoms with Gasteiger partial charge < -0.3 is 9.47 Å². The number of nitrogens with zero attached hydrogens (tertiary/aromatic N) is 5. The number of rotatable bonds is 6. The lowest BCUT2D eigenvalue weighted by atomic mass is 10.1. The van der Waals surface area contributed by atoms with Gasteiger partial charge in [-0.25, -0.2) is 4.39 Å². The van der Waals surface area contributed by atoms with Crippen LogP contribution in [-0.4, -0.2) is 39.4 Å². The number of hydrogen-bond acceptors (Lipinski definition) is 7. The minimum absolute atomic E-state index is 0.289. The quantitative estimate of drug-likeness (QED) is 0.460. The average molecular weight is 397 g/mol. The lowest BCUT2D eigenvalue weighted by molar-refractivity contribution is 0.399. The van der Waals surface area contributed by atoms with Gasteiger partial charge in [-0.1, -0.05) is 17.8 Å². The van der Waals surface area contributed by atoms with Crippen molar-refractivity contribution in [3.05, 3.63) is 60.0 Å². The van der Waals surface area contributed by atoms with Crippen LogP contribution in [-0.2, 0) is 5.75 Å². The second-order valence-electron chi connectivity index (χ2n) is 5.81. The molecule has 9 heteroatoms. The standard InChI is InChI=1S/C19H16FN5O2S/c1-26-13-6-8-17(27-2)16(10-13)25-19(22-23-24-25)28-11-12-5-7-15(20)14-4-3-9-21-18(12)14/h3-10H,11H2,1-2H3. The highest BCUT2D eigenvalue weighted by atomic mass is 32.2. The van der Waals surface area contributed by atoms with Crippen molar-refractivity contribution in [1.82, 2.24) is 25.2 Å². The Hall–Kier alpha value is -3.20. The Labute approximate surface area is 164 Å². The molecule has 0 saturated carbocycles. The average Bonchev–Trinajstić information content (AvgIpc) is 3.21. The Morgan fingerprint density at radius 3 is 2.82 bits per heavy atom. The van der Waals surface area contributed by atoms with Gasteiger partial charge in [-0.2, -0.15) is 4.68 Å². The number of benzene rings is 2. The molecule has 2 heterocycles. The number of thioether (sulfide) groups is 1. The van der Waals surface area contributed by atoms with E-state index in [-0.39, 0.29) is 5.82 Å². The van der Waals surface area contributed by atoms with Gasteiger partial charge in [0, 0.05) is 23.4 Å². The van der Waals surface area contributed by atoms with Crippen LogP contribution in [0.5, 0.6) is 11.5 Å². The van der Waals surface area contributed by atoms with Gasteiger partial charge in [-0.05, 0) is 46.3 Å². The van der Waals surface area contributed by atoms with Gasteiger partial charge in [-0.3, -0.25) is 4.98 Å². The molecule has 0 spiro atoms. The van der Waals surface area contributed by atoms with Crippen molar-refractivity contribution in [1.29, 1.82) is 0 Å². The third-order valence-corrected chi connectivity index (χ3v) is 5.18. The van der Waals surface area contributed by atoms with E-state index in [1.54, 1.807) is 61.5 Å². The van der Waals surface area contributed by atoms with Gasteiger partial charge in [0.25, 0.3) is 0 Å². The number of ether oxygens (including phenoxy) is 2. The fraction of sp³-hybridized carbons (Fsp3) is 0.158. The molecular formula is C19H16FN5O2S. The number of hydrogen-bond donors (Lipinski definition) is 0. The highest BCUT2D eigenvalue weighted by Gasteiger charge is 2.16. The van der Waals surface area contributed by atoms with Crippen molar-refractivity contribution >= 4 is 22.7 Å². The summed E-state index contributed by atoms with van der Waals surface area (Å²) in [4.78, 5) is 4.32. The predicted molar refractivity (Wildman–Crippen MR) is 104 cm³/mol. The molecule has 28 heavy (non-hydrogen) atoms. The summed E-state index contributed by atoms with van der Waals surface area (Å²) in [6.07, 6.45) is 1.65. The second kappa shape index (κ2) is 7.81. The number of pyridine rings is 1. The molecule has 0 bridgehead atoms. The van der Waals surface area contributed by atoms with Crippen LogP contribution in [0.25, 0.3) is 16.6 Å². The van der Waals surface area contributed by atoms with Crippen molar-refractivity contribution < 1.29 is 13.9 Å². The molecule has 0 atom stereocenters. The van der Waals surface area contributed by atoms with Crippen LogP contribution in [0.1, 0.15) is 5.56 Å². The van der Waals surface area contributed by atoms with Crippen LogP contribution in [0.4, 0.5) is 4.39 Å². The van der Waals surface area contributed by atoms with Crippen molar-refractivity contribution in [3.63, 3.8) is 0 Å². The Balaban J connectivity index is 1.66. The fourth-order valence-electron chi connectivity index (χ4n) is 2.84. The van der Waals surface area contributed by atoms with Gasteiger partial charge in [0.05, 0.1) is 19.7 Å². The third-order valence-electron chi connectivity index (χ3n) is 4.21. The molecule has 4 aromatic rings. The zero-order valence-corrected chi connectivity index (χ0v) is 16.0. The molecule has 2 aromatic heterocycles. The summed E-state index contributed by atoms with van der Waals surface area (Å²) in [5, 5.41) is 13.0. The highest BCUT2D eigenvalue weighted by molar-refractivity contribution is 7.98. The summed E-state index contributed by atoms with van der Waals surface area (Å²) in [7, 11) is 3.17. The molecule has 7 nitrogen and oxygen atoms in total. The molecule has 142 valence electrons. The van der Waals surface area contributed by atoms with E-state index in [2.05, 4.69) is 20.5 Å². The maximum atomic E-state index is 14.0. The molecule has 0 aliphatic heterocycles. The van der Waals surface area contributed by atoms with E-state index in [4.69, 9.17) is 9.47 Å². The van der Waals surface area contributed by atoms with E-state index in [9.17, 15) is 4.39 Å². The lowest BCUT2D eigenvalue weighted by Crippen LogP contribution is -2.03. The Morgan fingerprint density at radius 1 is 1.11 bits per heavy atom. The minimum atomic E-state index is -0.289.